The normalized spacial score (nSPS) is 23.0. The zero-order valence-corrected chi connectivity index (χ0v) is 14.3. The number of likely N-dealkylation sites (tertiary alicyclic amines) is 1. The predicted molar refractivity (Wildman–Crippen MR) is 91.6 cm³/mol. The highest BCUT2D eigenvalue weighted by Crippen LogP contribution is 2.50. The fourth-order valence-corrected chi connectivity index (χ4v) is 6.23. The van der Waals surface area contributed by atoms with Gasteiger partial charge in [0.25, 0.3) is 0 Å². The molecule has 0 aromatic heterocycles. The zero-order valence-electron chi connectivity index (χ0n) is 12.6. The van der Waals surface area contributed by atoms with Crippen LogP contribution in [0.5, 0.6) is 0 Å². The smallest absolute Gasteiger partial charge is 0.410 e. The molecule has 7 heteroatoms. The van der Waals surface area contributed by atoms with E-state index < -0.39 is 18.1 Å². The molecule has 1 unspecified atom stereocenters. The number of hydrogen-bond donors (Lipinski definition) is 1. The second-order valence-corrected chi connectivity index (χ2v) is 8.90. The quantitative estimate of drug-likeness (QED) is 0.901. The highest BCUT2D eigenvalue weighted by molar-refractivity contribution is 8.18. The van der Waals surface area contributed by atoms with Gasteiger partial charge in [-0.1, -0.05) is 30.3 Å². The van der Waals surface area contributed by atoms with Crippen molar-refractivity contribution < 1.29 is 19.4 Å². The molecule has 5 nitrogen and oxygen atoms in total. The van der Waals surface area contributed by atoms with Gasteiger partial charge in [0, 0.05) is 13.0 Å². The van der Waals surface area contributed by atoms with Crippen molar-refractivity contribution >= 4 is 35.6 Å². The average Bonchev–Trinajstić information content (AvgIpc) is 2.94. The molecule has 3 rings (SSSR count). The van der Waals surface area contributed by atoms with Crippen LogP contribution in [0.15, 0.2) is 30.3 Å². The molecular formula is C16H19NO4S2. The zero-order chi connectivity index (χ0) is 16.3. The van der Waals surface area contributed by atoms with Gasteiger partial charge in [-0.2, -0.15) is 0 Å². The maximum atomic E-state index is 12.4. The highest BCUT2D eigenvalue weighted by atomic mass is 32.2. The molecule has 1 N–H and O–H groups in total. The summed E-state index contributed by atoms with van der Waals surface area (Å²) in [5.74, 6) is 1.09. The van der Waals surface area contributed by atoms with Crippen LogP contribution in [0.1, 0.15) is 18.4 Å². The van der Waals surface area contributed by atoms with E-state index in [4.69, 9.17) is 4.74 Å². The van der Waals surface area contributed by atoms with Crippen LogP contribution in [-0.2, 0) is 16.1 Å². The Labute approximate surface area is 143 Å². The largest absolute Gasteiger partial charge is 0.480 e. The van der Waals surface area contributed by atoms with E-state index in [9.17, 15) is 14.7 Å². The Hall–Kier alpha value is -1.34. The van der Waals surface area contributed by atoms with Gasteiger partial charge in [0.1, 0.15) is 12.6 Å². The van der Waals surface area contributed by atoms with E-state index in [0.717, 1.165) is 23.5 Å². The van der Waals surface area contributed by atoms with Gasteiger partial charge in [-0.3, -0.25) is 4.90 Å². The van der Waals surface area contributed by atoms with Crippen molar-refractivity contribution in [1.29, 1.82) is 0 Å². The summed E-state index contributed by atoms with van der Waals surface area (Å²) in [6, 6.07) is 8.61. The van der Waals surface area contributed by atoms with Gasteiger partial charge in [0.15, 0.2) is 0 Å². The molecule has 1 spiro atoms. The SMILES string of the molecule is O=C(O)C1CC2(CN1C(=O)OCc1ccccc1)SCCCS2. The Morgan fingerprint density at radius 2 is 1.96 bits per heavy atom. The number of nitrogens with zero attached hydrogens (tertiary/aromatic N) is 1. The van der Waals surface area contributed by atoms with Gasteiger partial charge in [-0.05, 0) is 23.5 Å². The van der Waals surface area contributed by atoms with Crippen LogP contribution < -0.4 is 0 Å². The van der Waals surface area contributed by atoms with Crippen LogP contribution in [0.3, 0.4) is 0 Å². The van der Waals surface area contributed by atoms with Crippen molar-refractivity contribution in [3.05, 3.63) is 35.9 Å². The summed E-state index contributed by atoms with van der Waals surface area (Å²) in [5, 5.41) is 9.46. The number of carbonyl (C=O) groups excluding carboxylic acids is 1. The molecule has 1 aromatic carbocycles. The van der Waals surface area contributed by atoms with Crippen molar-refractivity contribution in [2.75, 3.05) is 18.1 Å². The Morgan fingerprint density at radius 3 is 2.61 bits per heavy atom. The fraction of sp³-hybridized carbons (Fsp3) is 0.500. The molecule has 0 bridgehead atoms. The van der Waals surface area contributed by atoms with Crippen molar-refractivity contribution in [3.8, 4) is 0 Å². The summed E-state index contributed by atoms with van der Waals surface area (Å²) in [5.41, 5.74) is 0.892. The molecule has 2 saturated heterocycles. The van der Waals surface area contributed by atoms with Gasteiger partial charge >= 0.3 is 12.1 Å². The highest BCUT2D eigenvalue weighted by Gasteiger charge is 2.51. The Kier molecular flexibility index (Phi) is 5.06. The number of carboxylic acid groups (broad SMARTS) is 1. The molecular weight excluding hydrogens is 334 g/mol. The minimum absolute atomic E-state index is 0.162. The number of carbonyl (C=O) groups is 2. The summed E-state index contributed by atoms with van der Waals surface area (Å²) >= 11 is 3.56. The van der Waals surface area contributed by atoms with E-state index in [1.807, 2.05) is 30.3 Å². The first kappa shape index (κ1) is 16.5. The molecule has 124 valence electrons. The van der Waals surface area contributed by atoms with Gasteiger partial charge in [-0.15, -0.1) is 23.5 Å². The summed E-state index contributed by atoms with van der Waals surface area (Å²) in [6.45, 7) is 0.600. The summed E-state index contributed by atoms with van der Waals surface area (Å²) < 4.78 is 5.14. The predicted octanol–water partition coefficient (Wildman–Crippen LogP) is 3.05. The van der Waals surface area contributed by atoms with Crippen LogP contribution in [0.25, 0.3) is 0 Å². The van der Waals surface area contributed by atoms with Crippen LogP contribution in [0.4, 0.5) is 4.79 Å². The van der Waals surface area contributed by atoms with Crippen molar-refractivity contribution in [1.82, 2.24) is 4.90 Å². The van der Waals surface area contributed by atoms with Gasteiger partial charge in [0.05, 0.1) is 4.08 Å². The average molecular weight is 353 g/mol. The minimum Gasteiger partial charge on any atom is -0.480 e. The third-order valence-electron chi connectivity index (χ3n) is 4.04. The third-order valence-corrected chi connectivity index (χ3v) is 7.37. The van der Waals surface area contributed by atoms with Crippen LogP contribution >= 0.6 is 23.5 Å². The third kappa shape index (κ3) is 3.77. The lowest BCUT2D eigenvalue weighted by Gasteiger charge is -2.31. The molecule has 0 radical (unpaired) electrons. The minimum atomic E-state index is -0.953. The molecule has 1 aromatic rings. The van der Waals surface area contributed by atoms with Crippen LogP contribution in [0, 0.1) is 0 Å². The fourth-order valence-electron chi connectivity index (χ4n) is 2.88. The van der Waals surface area contributed by atoms with E-state index in [-0.39, 0.29) is 10.7 Å². The standard InChI is InChI=1S/C16H19NO4S2/c18-14(19)13-9-16(22-7-4-8-23-16)11-17(13)15(20)21-10-12-5-2-1-3-6-12/h1-3,5-6,13H,4,7-11H2,(H,18,19). The number of amides is 1. The first-order valence-electron chi connectivity index (χ1n) is 7.58. The monoisotopic (exact) mass is 353 g/mol. The van der Waals surface area contributed by atoms with Crippen molar-refractivity contribution in [2.45, 2.75) is 29.6 Å². The van der Waals surface area contributed by atoms with E-state index >= 15 is 0 Å². The lowest BCUT2D eigenvalue weighted by molar-refractivity contribution is -0.141. The number of ether oxygens (including phenoxy) is 1. The van der Waals surface area contributed by atoms with Gasteiger partial charge in [-0.25, -0.2) is 9.59 Å². The molecule has 2 heterocycles. The van der Waals surface area contributed by atoms with Gasteiger partial charge in [0.2, 0.25) is 0 Å². The van der Waals surface area contributed by atoms with Gasteiger partial charge < -0.3 is 9.84 Å². The molecule has 1 atom stereocenters. The number of carboxylic acids is 1. The second kappa shape index (κ2) is 7.05. The number of thioether (sulfide) groups is 2. The molecule has 0 aliphatic carbocycles. The van der Waals surface area contributed by atoms with E-state index in [2.05, 4.69) is 0 Å². The molecule has 2 aliphatic heterocycles. The molecule has 1 amide bonds. The summed E-state index contributed by atoms with van der Waals surface area (Å²) in [6.07, 6.45) is 1.08. The molecule has 2 fully saturated rings. The topological polar surface area (TPSA) is 66.8 Å². The number of benzene rings is 1. The molecule has 2 aliphatic rings. The summed E-state index contributed by atoms with van der Waals surface area (Å²) in [7, 11) is 0. The van der Waals surface area contributed by atoms with Crippen molar-refractivity contribution in [2.24, 2.45) is 0 Å². The number of aliphatic carboxylic acids is 1. The molecule has 23 heavy (non-hydrogen) atoms. The Bertz CT molecular complexity index is 575. The summed E-state index contributed by atoms with van der Waals surface area (Å²) in [4.78, 5) is 25.3. The lowest BCUT2D eigenvalue weighted by Crippen LogP contribution is -2.41. The Balaban J connectivity index is 1.66. The first-order valence-corrected chi connectivity index (χ1v) is 9.55. The maximum Gasteiger partial charge on any atom is 0.410 e. The Morgan fingerprint density at radius 1 is 1.26 bits per heavy atom. The van der Waals surface area contributed by atoms with Crippen LogP contribution in [-0.4, -0.2) is 50.2 Å². The second-order valence-electron chi connectivity index (χ2n) is 5.69. The number of hydrogen-bond acceptors (Lipinski definition) is 5. The molecule has 0 saturated carbocycles. The van der Waals surface area contributed by atoms with E-state index in [1.165, 1.54) is 4.90 Å². The van der Waals surface area contributed by atoms with E-state index in [0.29, 0.717) is 13.0 Å². The van der Waals surface area contributed by atoms with Crippen LogP contribution in [0.2, 0.25) is 0 Å². The van der Waals surface area contributed by atoms with Crippen molar-refractivity contribution in [3.63, 3.8) is 0 Å². The first-order chi connectivity index (χ1) is 11.1. The van der Waals surface area contributed by atoms with E-state index in [1.54, 1.807) is 23.5 Å². The lowest BCUT2D eigenvalue weighted by atomic mass is 10.2. The maximum absolute atomic E-state index is 12.4. The number of rotatable bonds is 3.